The van der Waals surface area contributed by atoms with Gasteiger partial charge in [0.2, 0.25) is 0 Å². The molecule has 0 heterocycles. The molecule has 0 aliphatic heterocycles. The zero-order chi connectivity index (χ0) is 57.8. The number of allylic oxidation sites excluding steroid dienone is 12. The van der Waals surface area contributed by atoms with Crippen molar-refractivity contribution in [1.29, 1.82) is 0 Å². The molecule has 0 amide bonds. The highest BCUT2D eigenvalue weighted by Gasteiger charge is 2.19. The fraction of sp³-hybridized carbons (Fsp3) is 0.797. The van der Waals surface area contributed by atoms with Gasteiger partial charge < -0.3 is 14.2 Å². The van der Waals surface area contributed by atoms with E-state index in [1.54, 1.807) is 0 Å². The molecule has 6 heteroatoms. The topological polar surface area (TPSA) is 78.9 Å². The quantitative estimate of drug-likeness (QED) is 0.0261. The second-order valence-corrected chi connectivity index (χ2v) is 23.4. The molecular weight excluding hydrogens is 985 g/mol. The lowest BCUT2D eigenvalue weighted by molar-refractivity contribution is -0.167. The lowest BCUT2D eigenvalue weighted by Crippen LogP contribution is -2.30. The van der Waals surface area contributed by atoms with Crippen LogP contribution in [0.25, 0.3) is 0 Å². The zero-order valence-electron chi connectivity index (χ0n) is 53.3. The number of esters is 3. The van der Waals surface area contributed by atoms with Crippen LogP contribution >= 0.6 is 0 Å². The number of ether oxygens (including phenoxy) is 3. The molecule has 0 aromatic heterocycles. The summed E-state index contributed by atoms with van der Waals surface area (Å²) >= 11 is 0. The Bertz CT molecular complexity index is 1470. The van der Waals surface area contributed by atoms with Crippen LogP contribution in [-0.2, 0) is 28.6 Å². The summed E-state index contributed by atoms with van der Waals surface area (Å²) in [4.78, 5) is 38.1. The largest absolute Gasteiger partial charge is 0.462 e. The Morgan fingerprint density at radius 2 is 0.487 bits per heavy atom. The molecular formula is C74H132O6. The van der Waals surface area contributed by atoms with Crippen molar-refractivity contribution in [1.82, 2.24) is 0 Å². The highest BCUT2D eigenvalue weighted by Crippen LogP contribution is 2.18. The molecule has 0 bridgehead atoms. The van der Waals surface area contributed by atoms with Gasteiger partial charge in [0.1, 0.15) is 13.2 Å². The number of carbonyl (C=O) groups is 3. The monoisotopic (exact) mass is 1120 g/mol. The molecule has 0 aliphatic rings. The van der Waals surface area contributed by atoms with Crippen molar-refractivity contribution in [3.63, 3.8) is 0 Å². The summed E-state index contributed by atoms with van der Waals surface area (Å²) in [6.07, 6.45) is 89.7. The van der Waals surface area contributed by atoms with Gasteiger partial charge in [0.05, 0.1) is 0 Å². The molecule has 0 fully saturated rings. The van der Waals surface area contributed by atoms with E-state index in [2.05, 4.69) is 93.7 Å². The Labute approximate surface area is 497 Å². The van der Waals surface area contributed by atoms with Gasteiger partial charge in [-0.05, 0) is 70.6 Å². The molecule has 80 heavy (non-hydrogen) atoms. The van der Waals surface area contributed by atoms with Crippen LogP contribution < -0.4 is 0 Å². The number of hydrogen-bond donors (Lipinski definition) is 0. The highest BCUT2D eigenvalue weighted by atomic mass is 16.6. The zero-order valence-corrected chi connectivity index (χ0v) is 53.3. The number of hydrogen-bond acceptors (Lipinski definition) is 6. The van der Waals surface area contributed by atoms with Gasteiger partial charge in [0.25, 0.3) is 0 Å². The van der Waals surface area contributed by atoms with E-state index in [1.165, 1.54) is 225 Å². The smallest absolute Gasteiger partial charge is 0.306 e. The standard InChI is InChI=1S/C74H132O6/c1-4-7-10-13-16-18-20-22-24-26-28-30-32-34-36-37-39-40-42-44-46-48-50-52-54-56-58-61-64-67-73(76)79-70-71(69-78-72(75)66-63-60-15-12-9-6-3)80-74(77)68-65-62-59-57-55-53-51-49-47-45-43-41-38-35-33-31-29-27-25-23-21-19-17-14-11-8-5-2/h7,10,16,18,22,24,28,30,34,36,39-40,71H,4-6,8-9,11-15,17,19-21,23,25-27,29,31-33,35,37-38,41-70H2,1-3H3/b10-7-,18-16-,24-22-,30-28-,36-34-,40-39-. The third-order valence-corrected chi connectivity index (χ3v) is 15.5. The maximum atomic E-state index is 12.9. The van der Waals surface area contributed by atoms with Crippen LogP contribution in [0.2, 0.25) is 0 Å². The third kappa shape index (κ3) is 65.7. The average molecular weight is 1120 g/mol. The van der Waals surface area contributed by atoms with Crippen molar-refractivity contribution >= 4 is 17.9 Å². The fourth-order valence-corrected chi connectivity index (χ4v) is 10.3. The molecule has 1 unspecified atom stereocenters. The first-order valence-corrected chi connectivity index (χ1v) is 34.9. The summed E-state index contributed by atoms with van der Waals surface area (Å²) in [6, 6.07) is 0. The van der Waals surface area contributed by atoms with Gasteiger partial charge in [-0.3, -0.25) is 14.4 Å². The van der Waals surface area contributed by atoms with Crippen molar-refractivity contribution in [2.24, 2.45) is 0 Å². The maximum absolute atomic E-state index is 12.9. The van der Waals surface area contributed by atoms with Crippen LogP contribution in [0.1, 0.15) is 361 Å². The van der Waals surface area contributed by atoms with E-state index in [9.17, 15) is 14.4 Å². The molecule has 0 saturated carbocycles. The summed E-state index contributed by atoms with van der Waals surface area (Å²) < 4.78 is 16.9. The van der Waals surface area contributed by atoms with Gasteiger partial charge in [-0.1, -0.05) is 344 Å². The first-order valence-electron chi connectivity index (χ1n) is 34.9. The molecule has 0 rings (SSSR count). The summed E-state index contributed by atoms with van der Waals surface area (Å²) in [6.45, 7) is 6.52. The van der Waals surface area contributed by atoms with Crippen molar-refractivity contribution in [3.05, 3.63) is 72.9 Å². The Morgan fingerprint density at radius 3 is 0.762 bits per heavy atom. The first-order chi connectivity index (χ1) is 39.5. The van der Waals surface area contributed by atoms with Crippen LogP contribution in [0.4, 0.5) is 0 Å². The molecule has 0 radical (unpaired) electrons. The first kappa shape index (κ1) is 76.9. The Hall–Kier alpha value is -3.15. The third-order valence-electron chi connectivity index (χ3n) is 15.5. The van der Waals surface area contributed by atoms with Crippen molar-refractivity contribution in [3.8, 4) is 0 Å². The van der Waals surface area contributed by atoms with E-state index < -0.39 is 6.10 Å². The summed E-state index contributed by atoms with van der Waals surface area (Å²) in [5.74, 6) is -0.868. The maximum Gasteiger partial charge on any atom is 0.306 e. The van der Waals surface area contributed by atoms with E-state index in [4.69, 9.17) is 14.2 Å². The molecule has 0 aromatic rings. The van der Waals surface area contributed by atoms with Gasteiger partial charge >= 0.3 is 17.9 Å². The van der Waals surface area contributed by atoms with Crippen LogP contribution in [-0.4, -0.2) is 37.2 Å². The molecule has 0 aromatic carbocycles. The second kappa shape index (κ2) is 68.3. The van der Waals surface area contributed by atoms with Crippen LogP contribution in [0.3, 0.4) is 0 Å². The molecule has 464 valence electrons. The minimum absolute atomic E-state index is 0.0727. The number of rotatable bonds is 64. The number of unbranched alkanes of at least 4 members (excludes halogenated alkanes) is 41. The predicted octanol–water partition coefficient (Wildman–Crippen LogP) is 24.1. The van der Waals surface area contributed by atoms with Gasteiger partial charge in [-0.25, -0.2) is 0 Å². The van der Waals surface area contributed by atoms with Crippen LogP contribution in [0, 0.1) is 0 Å². The Morgan fingerprint density at radius 1 is 0.263 bits per heavy atom. The van der Waals surface area contributed by atoms with E-state index in [0.29, 0.717) is 19.3 Å². The summed E-state index contributed by atoms with van der Waals surface area (Å²) in [7, 11) is 0. The summed E-state index contributed by atoms with van der Waals surface area (Å²) in [5.41, 5.74) is 0. The fourth-order valence-electron chi connectivity index (χ4n) is 10.3. The minimum Gasteiger partial charge on any atom is -0.462 e. The normalized spacial score (nSPS) is 12.5. The van der Waals surface area contributed by atoms with Crippen molar-refractivity contribution in [2.75, 3.05) is 13.2 Å². The Balaban J connectivity index is 4.03. The Kier molecular flexibility index (Phi) is 65.7. The lowest BCUT2D eigenvalue weighted by Gasteiger charge is -2.18. The van der Waals surface area contributed by atoms with Gasteiger partial charge in [-0.2, -0.15) is 0 Å². The molecule has 1 atom stereocenters. The lowest BCUT2D eigenvalue weighted by atomic mass is 10.0. The van der Waals surface area contributed by atoms with E-state index >= 15 is 0 Å². The van der Waals surface area contributed by atoms with E-state index in [-0.39, 0.29) is 31.1 Å². The van der Waals surface area contributed by atoms with Crippen LogP contribution in [0.15, 0.2) is 72.9 Å². The molecule has 0 saturated heterocycles. The van der Waals surface area contributed by atoms with Gasteiger partial charge in [0.15, 0.2) is 6.10 Å². The van der Waals surface area contributed by atoms with E-state index in [1.807, 2.05) is 0 Å². The molecule has 6 nitrogen and oxygen atoms in total. The molecule has 0 N–H and O–H groups in total. The van der Waals surface area contributed by atoms with E-state index in [0.717, 1.165) is 96.3 Å². The van der Waals surface area contributed by atoms with Gasteiger partial charge in [0, 0.05) is 19.3 Å². The highest BCUT2D eigenvalue weighted by molar-refractivity contribution is 5.71. The average Bonchev–Trinajstić information content (AvgIpc) is 3.46. The molecule has 0 spiro atoms. The van der Waals surface area contributed by atoms with Crippen molar-refractivity contribution < 1.29 is 28.6 Å². The summed E-state index contributed by atoms with van der Waals surface area (Å²) in [5, 5.41) is 0. The second-order valence-electron chi connectivity index (χ2n) is 23.4. The SMILES string of the molecule is CC/C=C\C/C=C\C/C=C\C/C=C\C/C=C\C/C=C\CCCCCCCCCCCCC(=O)OCC(COC(=O)CCCCCCCC)OC(=O)CCCCCCCCCCCCCCCCCCCCCCCCCCCCC. The van der Waals surface area contributed by atoms with Crippen molar-refractivity contribution in [2.45, 2.75) is 367 Å². The predicted molar refractivity (Wildman–Crippen MR) is 348 cm³/mol. The van der Waals surface area contributed by atoms with Crippen LogP contribution in [0.5, 0.6) is 0 Å². The number of carbonyl (C=O) groups excluding carboxylic acids is 3. The van der Waals surface area contributed by atoms with Gasteiger partial charge in [-0.15, -0.1) is 0 Å². The minimum atomic E-state index is -0.773. The molecule has 0 aliphatic carbocycles.